The molecule has 0 amide bonds. The van der Waals surface area contributed by atoms with Crippen LogP contribution in [0, 0.1) is 5.92 Å². The summed E-state index contributed by atoms with van der Waals surface area (Å²) >= 11 is 0. The maximum atomic E-state index is 15.4. The van der Waals surface area contributed by atoms with Crippen LogP contribution in [-0.2, 0) is 0 Å². The third-order valence-corrected chi connectivity index (χ3v) is 6.96. The molecule has 3 aromatic rings. The average molecular weight is 437 g/mol. The van der Waals surface area contributed by atoms with Gasteiger partial charge in [0.05, 0.1) is 36.1 Å². The van der Waals surface area contributed by atoms with Crippen molar-refractivity contribution in [1.82, 2.24) is 24.8 Å². The fourth-order valence-electron chi connectivity index (χ4n) is 5.52. The van der Waals surface area contributed by atoms with Crippen molar-refractivity contribution in [3.63, 3.8) is 0 Å². The Labute approximate surface area is 187 Å². The number of nitrogens with zero attached hydrogens (tertiary/aromatic N) is 5. The molecule has 1 unspecified atom stereocenters. The van der Waals surface area contributed by atoms with Gasteiger partial charge in [-0.1, -0.05) is 6.92 Å². The molecule has 4 heterocycles. The first kappa shape index (κ1) is 20.9. The fraction of sp³-hybridized carbons (Fsp3) is 0.458. The first-order valence-corrected chi connectivity index (χ1v) is 11.1. The normalized spacial score (nSPS) is 29.6. The number of hydrogen-bond acceptors (Lipinski definition) is 6. The number of aromatic hydroxyl groups is 1. The maximum absolute atomic E-state index is 15.4. The van der Waals surface area contributed by atoms with Crippen molar-refractivity contribution in [3.05, 3.63) is 49.3 Å². The minimum atomic E-state index is -0.961. The number of halogens is 1. The van der Waals surface area contributed by atoms with Crippen molar-refractivity contribution in [2.45, 2.75) is 56.9 Å². The van der Waals surface area contributed by atoms with Gasteiger partial charge in [-0.25, -0.2) is 14.4 Å². The van der Waals surface area contributed by atoms with E-state index in [0.717, 1.165) is 24.9 Å². The molecule has 2 aliphatic heterocycles. The van der Waals surface area contributed by atoms with E-state index in [4.69, 9.17) is 0 Å². The number of rotatable bonds is 4. The van der Waals surface area contributed by atoms with Crippen LogP contribution < -0.4 is 10.2 Å². The number of fused-ring (bicyclic) bond motifs is 2. The van der Waals surface area contributed by atoms with Crippen LogP contribution in [0.4, 0.5) is 10.2 Å². The molecule has 5 atom stereocenters. The Balaban J connectivity index is 1.36. The van der Waals surface area contributed by atoms with Crippen LogP contribution in [0.2, 0.25) is 0 Å². The molecule has 8 heteroatoms. The predicted molar refractivity (Wildman–Crippen MR) is 122 cm³/mol. The largest absolute Gasteiger partial charge is 0.507 e. The quantitative estimate of drug-likeness (QED) is 0.649. The van der Waals surface area contributed by atoms with Gasteiger partial charge in [-0.15, -0.1) is 0 Å². The molecular weight excluding hydrogens is 407 g/mol. The second kappa shape index (κ2) is 7.85. The van der Waals surface area contributed by atoms with Crippen molar-refractivity contribution in [2.75, 3.05) is 11.9 Å². The lowest BCUT2D eigenvalue weighted by Crippen LogP contribution is -2.67. The van der Waals surface area contributed by atoms with Crippen LogP contribution in [-0.4, -0.2) is 55.5 Å². The second-order valence-electron chi connectivity index (χ2n) is 9.61. The van der Waals surface area contributed by atoms with Gasteiger partial charge in [0.25, 0.3) is 0 Å². The molecule has 0 radical (unpaired) electrons. The lowest BCUT2D eigenvalue weighted by molar-refractivity contribution is 0.0390. The van der Waals surface area contributed by atoms with Crippen molar-refractivity contribution in [2.24, 2.45) is 5.92 Å². The highest BCUT2D eigenvalue weighted by Gasteiger charge is 2.49. The van der Waals surface area contributed by atoms with E-state index in [-0.39, 0.29) is 23.4 Å². The lowest BCUT2D eigenvalue weighted by Gasteiger charge is -2.53. The van der Waals surface area contributed by atoms with E-state index in [1.165, 1.54) is 0 Å². The van der Waals surface area contributed by atoms with Crippen LogP contribution in [0.5, 0.6) is 5.75 Å². The molecule has 2 saturated heterocycles. The second-order valence-corrected chi connectivity index (χ2v) is 9.61. The molecule has 0 spiro atoms. The van der Waals surface area contributed by atoms with Crippen molar-refractivity contribution in [1.29, 1.82) is 0 Å². The molecule has 2 N–H and O–H groups in total. The van der Waals surface area contributed by atoms with Gasteiger partial charge in [0.2, 0.25) is 0 Å². The Morgan fingerprint density at radius 3 is 2.78 bits per heavy atom. The number of benzene rings is 1. The first-order chi connectivity index (χ1) is 15.3. The molecule has 7 nitrogen and oxygen atoms in total. The fourth-order valence-corrected chi connectivity index (χ4v) is 5.52. The Kier molecular flexibility index (Phi) is 5.12. The molecule has 0 aliphatic carbocycles. The predicted octanol–water partition coefficient (Wildman–Crippen LogP) is 3.73. The van der Waals surface area contributed by atoms with Gasteiger partial charge in [0.1, 0.15) is 17.7 Å². The Morgan fingerprint density at radius 1 is 1.25 bits per heavy atom. The number of nitrogens with one attached hydrogen (secondary N) is 1. The number of piperidine rings is 2. The maximum Gasteiger partial charge on any atom is 0.147 e. The summed E-state index contributed by atoms with van der Waals surface area (Å²) in [7, 11) is 1.89. The summed E-state index contributed by atoms with van der Waals surface area (Å²) < 4.78 is 17.2. The highest BCUT2D eigenvalue weighted by atomic mass is 19.1. The highest BCUT2D eigenvalue weighted by Crippen LogP contribution is 2.40. The summed E-state index contributed by atoms with van der Waals surface area (Å²) in [5.74, 6) is 1.28. The third kappa shape index (κ3) is 3.72. The molecular formula is C24H29FN6O. The van der Waals surface area contributed by atoms with E-state index >= 15 is 4.39 Å². The molecule has 2 fully saturated rings. The zero-order valence-electron chi connectivity index (χ0n) is 18.6. The number of phenolic OH excluding ortho intramolecular Hbond substituents is 1. The minimum absolute atomic E-state index is 0.0556. The summed E-state index contributed by atoms with van der Waals surface area (Å²) in [6, 6.07) is 5.00. The van der Waals surface area contributed by atoms with Crippen molar-refractivity contribution < 1.29 is 9.50 Å². The lowest BCUT2D eigenvalue weighted by atomic mass is 9.70. The summed E-state index contributed by atoms with van der Waals surface area (Å²) in [5, 5.41) is 14.1. The topological polar surface area (TPSA) is 79.1 Å². The van der Waals surface area contributed by atoms with Gasteiger partial charge in [-0.3, -0.25) is 4.98 Å². The zero-order valence-corrected chi connectivity index (χ0v) is 18.6. The third-order valence-electron chi connectivity index (χ3n) is 6.96. The number of alkyl halides is 1. The van der Waals surface area contributed by atoms with Crippen molar-refractivity contribution >= 4 is 5.82 Å². The molecule has 2 bridgehead atoms. The van der Waals surface area contributed by atoms with E-state index < -0.39 is 6.17 Å². The standard InChI is InChI=1S/C24H29FN6O/c1-15-8-18-23(25)20(11-24(2,10-15)29-18)30(3)22-13-27-19(12-28-22)17-5-4-16(9-21(17)32)31-7-6-26-14-31/h4-7,9,12-15,18,20,23,29,32H,8,10-11H2,1-3H3/t15-,18?,20-,23-,24-/m0/s1. The number of aromatic nitrogens is 4. The van der Waals surface area contributed by atoms with Crippen LogP contribution >= 0.6 is 0 Å². The first-order valence-electron chi connectivity index (χ1n) is 11.1. The van der Waals surface area contributed by atoms with E-state index in [1.54, 1.807) is 31.0 Å². The van der Waals surface area contributed by atoms with Gasteiger partial charge in [-0.2, -0.15) is 0 Å². The molecule has 32 heavy (non-hydrogen) atoms. The van der Waals surface area contributed by atoms with Gasteiger partial charge in [0.15, 0.2) is 0 Å². The zero-order chi connectivity index (χ0) is 22.5. The Bertz CT molecular complexity index is 1090. The molecule has 2 aromatic heterocycles. The van der Waals surface area contributed by atoms with Gasteiger partial charge in [-0.05, 0) is 44.2 Å². The Morgan fingerprint density at radius 2 is 2.09 bits per heavy atom. The Hall–Kier alpha value is -3.00. The van der Waals surface area contributed by atoms with E-state index in [0.29, 0.717) is 23.0 Å². The summed E-state index contributed by atoms with van der Waals surface area (Å²) in [6.07, 6.45) is 10.2. The van der Waals surface area contributed by atoms with E-state index in [9.17, 15) is 5.11 Å². The van der Waals surface area contributed by atoms with Gasteiger partial charge in [0, 0.05) is 42.7 Å². The molecule has 168 valence electrons. The van der Waals surface area contributed by atoms with E-state index in [1.807, 2.05) is 34.8 Å². The van der Waals surface area contributed by atoms with Gasteiger partial charge < -0.3 is 19.9 Å². The van der Waals surface area contributed by atoms with Crippen LogP contribution in [0.3, 0.4) is 0 Å². The highest BCUT2D eigenvalue weighted by molar-refractivity contribution is 5.68. The summed E-state index contributed by atoms with van der Waals surface area (Å²) in [5.41, 5.74) is 1.91. The monoisotopic (exact) mass is 436 g/mol. The summed E-state index contributed by atoms with van der Waals surface area (Å²) in [4.78, 5) is 15.0. The molecule has 2 aliphatic rings. The van der Waals surface area contributed by atoms with Crippen LogP contribution in [0.15, 0.2) is 49.3 Å². The number of imidazole rings is 1. The van der Waals surface area contributed by atoms with Crippen LogP contribution in [0.25, 0.3) is 16.9 Å². The SMILES string of the molecule is C[C@H]1CC2N[C@@](C)(C1)C[C@H](N(C)c1cnc(-c3ccc(-n4ccnc4)cc3O)cn1)[C@H]2F. The number of anilines is 1. The smallest absolute Gasteiger partial charge is 0.147 e. The van der Waals surface area contributed by atoms with Crippen LogP contribution in [0.1, 0.15) is 33.1 Å². The number of hydrogen-bond donors (Lipinski definition) is 2. The summed E-state index contributed by atoms with van der Waals surface area (Å²) in [6.45, 7) is 4.41. The van der Waals surface area contributed by atoms with E-state index in [2.05, 4.69) is 34.1 Å². The van der Waals surface area contributed by atoms with Gasteiger partial charge >= 0.3 is 0 Å². The van der Waals surface area contributed by atoms with Crippen molar-refractivity contribution in [3.8, 4) is 22.7 Å². The average Bonchev–Trinajstić information content (AvgIpc) is 3.30. The molecule has 5 rings (SSSR count). The minimum Gasteiger partial charge on any atom is -0.507 e. The number of phenols is 1. The molecule has 1 aromatic carbocycles. The molecule has 0 saturated carbocycles.